The summed E-state index contributed by atoms with van der Waals surface area (Å²) in [5, 5.41) is 0. The van der Waals surface area contributed by atoms with Gasteiger partial charge in [0.25, 0.3) is 0 Å². The van der Waals surface area contributed by atoms with Crippen molar-refractivity contribution in [3.8, 4) is 0 Å². The molecule has 8 nitrogen and oxygen atoms in total. The number of fused-ring (bicyclic) bond motifs is 1. The van der Waals surface area contributed by atoms with Gasteiger partial charge in [-0.05, 0) is 50.2 Å². The third-order valence-electron chi connectivity index (χ3n) is 6.22. The van der Waals surface area contributed by atoms with Gasteiger partial charge in [-0.1, -0.05) is 6.92 Å². The first-order chi connectivity index (χ1) is 14.4. The van der Waals surface area contributed by atoms with Gasteiger partial charge < -0.3 is 9.32 Å². The Morgan fingerprint density at radius 2 is 1.83 bits per heavy atom. The maximum atomic E-state index is 13.1. The van der Waals surface area contributed by atoms with Crippen LogP contribution in [0, 0.1) is 5.92 Å². The molecule has 0 N–H and O–H groups in total. The Morgan fingerprint density at radius 3 is 2.50 bits per heavy atom. The van der Waals surface area contributed by atoms with Crippen LogP contribution in [0.3, 0.4) is 0 Å². The SMILES string of the molecule is CCCn1c(=O)oc2cc(S(=O)(=O)N3CCC(CC(=O)N4CCCC4)CC3)ccc21. The molecule has 2 aromatic rings. The number of amides is 1. The number of carbonyl (C=O) groups excluding carboxylic acids is 1. The molecule has 0 saturated carbocycles. The summed E-state index contributed by atoms with van der Waals surface area (Å²) in [6.07, 6.45) is 4.81. The molecule has 9 heteroatoms. The van der Waals surface area contributed by atoms with Crippen LogP contribution >= 0.6 is 0 Å². The predicted molar refractivity (Wildman–Crippen MR) is 113 cm³/mol. The Balaban J connectivity index is 1.44. The Labute approximate surface area is 176 Å². The average Bonchev–Trinajstić information content (AvgIpc) is 3.37. The molecule has 0 radical (unpaired) electrons. The minimum atomic E-state index is -3.67. The molecule has 30 heavy (non-hydrogen) atoms. The van der Waals surface area contributed by atoms with Gasteiger partial charge in [-0.15, -0.1) is 0 Å². The van der Waals surface area contributed by atoms with Crippen LogP contribution in [-0.4, -0.2) is 54.3 Å². The van der Waals surface area contributed by atoms with Gasteiger partial charge in [0.15, 0.2) is 5.58 Å². The molecule has 2 saturated heterocycles. The van der Waals surface area contributed by atoms with Gasteiger partial charge in [-0.2, -0.15) is 4.31 Å². The molecule has 0 aliphatic carbocycles. The summed E-state index contributed by atoms with van der Waals surface area (Å²) in [5.41, 5.74) is 0.903. The summed E-state index contributed by atoms with van der Waals surface area (Å²) >= 11 is 0. The van der Waals surface area contributed by atoms with E-state index in [0.717, 1.165) is 32.4 Å². The highest BCUT2D eigenvalue weighted by atomic mass is 32.2. The summed E-state index contributed by atoms with van der Waals surface area (Å²) in [6.45, 7) is 5.00. The molecule has 2 aliphatic rings. The summed E-state index contributed by atoms with van der Waals surface area (Å²) in [4.78, 5) is 26.5. The van der Waals surface area contributed by atoms with Crippen LogP contribution in [0.15, 0.2) is 32.3 Å². The number of carbonyl (C=O) groups is 1. The van der Waals surface area contributed by atoms with E-state index >= 15 is 0 Å². The lowest BCUT2D eigenvalue weighted by atomic mass is 9.94. The van der Waals surface area contributed by atoms with Crippen molar-refractivity contribution in [1.82, 2.24) is 13.8 Å². The van der Waals surface area contributed by atoms with Crippen LogP contribution in [-0.2, 0) is 21.4 Å². The minimum Gasteiger partial charge on any atom is -0.408 e. The van der Waals surface area contributed by atoms with Crippen LogP contribution in [0.1, 0.15) is 45.4 Å². The second-order valence-electron chi connectivity index (χ2n) is 8.29. The van der Waals surface area contributed by atoms with E-state index in [2.05, 4.69) is 0 Å². The molecule has 0 spiro atoms. The Hall–Kier alpha value is -2.13. The summed E-state index contributed by atoms with van der Waals surface area (Å²) in [7, 11) is -3.67. The van der Waals surface area contributed by atoms with Crippen LogP contribution in [0.5, 0.6) is 0 Å². The highest BCUT2D eigenvalue weighted by molar-refractivity contribution is 7.89. The molecule has 1 amide bonds. The van der Waals surface area contributed by atoms with Gasteiger partial charge in [0.05, 0.1) is 10.4 Å². The minimum absolute atomic E-state index is 0.138. The van der Waals surface area contributed by atoms with Gasteiger partial charge in [-0.25, -0.2) is 13.2 Å². The molecule has 2 fully saturated rings. The highest BCUT2D eigenvalue weighted by Crippen LogP contribution is 2.28. The number of piperidine rings is 1. The largest absolute Gasteiger partial charge is 0.419 e. The number of hydrogen-bond acceptors (Lipinski definition) is 5. The highest BCUT2D eigenvalue weighted by Gasteiger charge is 2.31. The van der Waals surface area contributed by atoms with Crippen molar-refractivity contribution in [3.05, 3.63) is 28.7 Å². The fraction of sp³-hybridized carbons (Fsp3) is 0.619. The van der Waals surface area contributed by atoms with Crippen LogP contribution in [0.4, 0.5) is 0 Å². The average molecular weight is 436 g/mol. The number of aromatic nitrogens is 1. The van der Waals surface area contributed by atoms with Crippen LogP contribution < -0.4 is 5.76 Å². The molecule has 0 unspecified atom stereocenters. The fourth-order valence-corrected chi connectivity index (χ4v) is 5.97. The molecule has 1 aromatic carbocycles. The molecule has 0 bridgehead atoms. The normalized spacial score (nSPS) is 19.0. The zero-order valence-corrected chi connectivity index (χ0v) is 18.2. The molecule has 4 rings (SSSR count). The van der Waals surface area contributed by atoms with Gasteiger partial charge in [0, 0.05) is 45.2 Å². The maximum Gasteiger partial charge on any atom is 0.419 e. The number of rotatable bonds is 6. The lowest BCUT2D eigenvalue weighted by Gasteiger charge is -2.31. The fourth-order valence-electron chi connectivity index (χ4n) is 4.49. The van der Waals surface area contributed by atoms with Crippen molar-refractivity contribution in [3.63, 3.8) is 0 Å². The number of likely N-dealkylation sites (tertiary alicyclic amines) is 1. The second kappa shape index (κ2) is 8.55. The molecule has 2 aliphatic heterocycles. The number of sulfonamides is 1. The smallest absolute Gasteiger partial charge is 0.408 e. The number of hydrogen-bond donors (Lipinski definition) is 0. The summed E-state index contributed by atoms with van der Waals surface area (Å²) < 4.78 is 34.5. The van der Waals surface area contributed by atoms with E-state index in [9.17, 15) is 18.0 Å². The topological polar surface area (TPSA) is 92.8 Å². The van der Waals surface area contributed by atoms with Gasteiger partial charge in [0.2, 0.25) is 15.9 Å². The van der Waals surface area contributed by atoms with Crippen LogP contribution in [0.2, 0.25) is 0 Å². The monoisotopic (exact) mass is 435 g/mol. The van der Waals surface area contributed by atoms with E-state index in [1.165, 1.54) is 14.9 Å². The third-order valence-corrected chi connectivity index (χ3v) is 8.11. The van der Waals surface area contributed by atoms with E-state index in [1.807, 2.05) is 11.8 Å². The zero-order chi connectivity index (χ0) is 21.3. The number of oxazole rings is 1. The van der Waals surface area contributed by atoms with Crippen molar-refractivity contribution < 1.29 is 17.6 Å². The predicted octanol–water partition coefficient (Wildman–Crippen LogP) is 2.42. The first kappa shape index (κ1) is 21.1. The molecular formula is C21H29N3O5S. The van der Waals surface area contributed by atoms with Gasteiger partial charge in [0.1, 0.15) is 0 Å². The molecule has 0 atom stereocenters. The standard InChI is InChI=1S/C21H29N3O5S/c1-2-9-24-18-6-5-17(15-19(18)29-21(24)26)30(27,28)23-12-7-16(8-13-23)14-20(25)22-10-3-4-11-22/h5-6,15-16H,2-4,7-14H2,1H3. The van der Waals surface area contributed by atoms with E-state index in [4.69, 9.17) is 4.42 Å². The van der Waals surface area contributed by atoms with Gasteiger partial charge >= 0.3 is 5.76 Å². The van der Waals surface area contributed by atoms with E-state index in [0.29, 0.717) is 50.0 Å². The second-order valence-corrected chi connectivity index (χ2v) is 10.2. The summed E-state index contributed by atoms with van der Waals surface area (Å²) in [5.74, 6) is -0.0381. The number of benzene rings is 1. The van der Waals surface area contributed by atoms with E-state index in [1.54, 1.807) is 12.1 Å². The number of aryl methyl sites for hydroxylation is 1. The Morgan fingerprint density at radius 1 is 1.13 bits per heavy atom. The van der Waals surface area contributed by atoms with E-state index < -0.39 is 15.8 Å². The van der Waals surface area contributed by atoms with Crippen molar-refractivity contribution in [2.75, 3.05) is 26.2 Å². The van der Waals surface area contributed by atoms with Crippen molar-refractivity contribution >= 4 is 27.0 Å². The Kier molecular flexibility index (Phi) is 6.02. The Bertz CT molecular complexity index is 1070. The lowest BCUT2D eigenvalue weighted by molar-refractivity contribution is -0.131. The van der Waals surface area contributed by atoms with Crippen LogP contribution in [0.25, 0.3) is 11.1 Å². The van der Waals surface area contributed by atoms with E-state index in [-0.39, 0.29) is 16.7 Å². The van der Waals surface area contributed by atoms with Crippen molar-refractivity contribution in [2.45, 2.75) is 56.9 Å². The quantitative estimate of drug-likeness (QED) is 0.695. The maximum absolute atomic E-state index is 13.1. The first-order valence-corrected chi connectivity index (χ1v) is 12.3. The summed E-state index contributed by atoms with van der Waals surface area (Å²) in [6, 6.07) is 4.63. The van der Waals surface area contributed by atoms with Crippen molar-refractivity contribution in [1.29, 1.82) is 0 Å². The number of nitrogens with zero attached hydrogens (tertiary/aromatic N) is 3. The molecular weight excluding hydrogens is 406 g/mol. The molecule has 3 heterocycles. The molecule has 164 valence electrons. The van der Waals surface area contributed by atoms with Gasteiger partial charge in [-0.3, -0.25) is 9.36 Å². The third kappa shape index (κ3) is 4.05. The lowest BCUT2D eigenvalue weighted by Crippen LogP contribution is -2.40. The van der Waals surface area contributed by atoms with Crippen molar-refractivity contribution in [2.24, 2.45) is 5.92 Å². The first-order valence-electron chi connectivity index (χ1n) is 10.8. The molecule has 1 aromatic heterocycles. The zero-order valence-electron chi connectivity index (χ0n) is 17.4.